The van der Waals surface area contributed by atoms with Crippen LogP contribution in [0.15, 0.2) is 60.8 Å². The van der Waals surface area contributed by atoms with Gasteiger partial charge < -0.3 is 19.9 Å². The van der Waals surface area contributed by atoms with Crippen LogP contribution in [0.25, 0.3) is 0 Å². The average Bonchev–Trinajstić information content (AvgIpc) is 2.75. The first-order valence-electron chi connectivity index (χ1n) is 8.86. The maximum Gasteiger partial charge on any atom is 0.416 e. The van der Waals surface area contributed by atoms with E-state index in [1.165, 1.54) is 30.3 Å². The van der Waals surface area contributed by atoms with Crippen molar-refractivity contribution in [3.63, 3.8) is 0 Å². The lowest BCUT2D eigenvalue weighted by Crippen LogP contribution is -2.15. The monoisotopic (exact) mass is 450 g/mol. The number of hydrogen-bond acceptors (Lipinski definition) is 5. The van der Waals surface area contributed by atoms with E-state index in [4.69, 9.17) is 9.84 Å². The number of aromatic nitrogens is 1. The molecular weight excluding hydrogens is 436 g/mol. The van der Waals surface area contributed by atoms with E-state index in [9.17, 15) is 27.2 Å². The molecule has 0 fully saturated rings. The molecule has 1 aromatic heterocycles. The largest absolute Gasteiger partial charge is 0.477 e. The standard InChI is InChI=1S/C21H14F4N2O5/c22-11-31-14-3-5-15(6-4-14)32-18-8-1-12(21(23,24)25)9-16(18)19(28)27-13-2-7-17(20(29)30)26-10-13/h1-10H,11H2,(H,27,28)(H,29,30). The summed E-state index contributed by atoms with van der Waals surface area (Å²) in [6.45, 7) is -1.04. The van der Waals surface area contributed by atoms with E-state index in [1.54, 1.807) is 0 Å². The highest BCUT2D eigenvalue weighted by Crippen LogP contribution is 2.35. The highest BCUT2D eigenvalue weighted by Gasteiger charge is 2.32. The molecule has 7 nitrogen and oxygen atoms in total. The number of nitrogens with zero attached hydrogens (tertiary/aromatic N) is 1. The Morgan fingerprint density at radius 3 is 2.25 bits per heavy atom. The van der Waals surface area contributed by atoms with Gasteiger partial charge >= 0.3 is 12.1 Å². The molecule has 32 heavy (non-hydrogen) atoms. The number of nitrogens with one attached hydrogen (secondary N) is 1. The number of hydrogen-bond donors (Lipinski definition) is 2. The van der Waals surface area contributed by atoms with E-state index in [2.05, 4.69) is 15.0 Å². The first-order valence-corrected chi connectivity index (χ1v) is 8.86. The molecule has 1 heterocycles. The lowest BCUT2D eigenvalue weighted by molar-refractivity contribution is -0.137. The van der Waals surface area contributed by atoms with Gasteiger partial charge in [-0.25, -0.2) is 14.2 Å². The third kappa shape index (κ3) is 5.50. The zero-order valence-electron chi connectivity index (χ0n) is 16.0. The molecule has 0 saturated heterocycles. The Morgan fingerprint density at radius 2 is 1.69 bits per heavy atom. The predicted octanol–water partition coefficient (Wildman–Crippen LogP) is 5.15. The fourth-order valence-electron chi connectivity index (χ4n) is 2.56. The summed E-state index contributed by atoms with van der Waals surface area (Å²) >= 11 is 0. The summed E-state index contributed by atoms with van der Waals surface area (Å²) < 4.78 is 61.9. The Kier molecular flexibility index (Phi) is 6.57. The van der Waals surface area contributed by atoms with E-state index in [-0.39, 0.29) is 28.6 Å². The summed E-state index contributed by atoms with van der Waals surface area (Å²) in [4.78, 5) is 27.2. The molecule has 11 heteroatoms. The minimum absolute atomic E-state index is 0.0658. The molecular formula is C21H14F4N2O5. The first-order chi connectivity index (χ1) is 15.2. The molecule has 0 aliphatic heterocycles. The molecule has 2 N–H and O–H groups in total. The van der Waals surface area contributed by atoms with Crippen LogP contribution in [0.1, 0.15) is 26.4 Å². The molecule has 0 spiro atoms. The van der Waals surface area contributed by atoms with Gasteiger partial charge in [0, 0.05) is 0 Å². The fourth-order valence-corrected chi connectivity index (χ4v) is 2.56. The van der Waals surface area contributed by atoms with Crippen LogP contribution in [0.5, 0.6) is 17.2 Å². The van der Waals surface area contributed by atoms with E-state index >= 15 is 0 Å². The van der Waals surface area contributed by atoms with Crippen molar-refractivity contribution in [2.45, 2.75) is 6.18 Å². The number of rotatable bonds is 7. The van der Waals surface area contributed by atoms with E-state index in [0.717, 1.165) is 24.4 Å². The lowest BCUT2D eigenvalue weighted by Gasteiger charge is -2.15. The van der Waals surface area contributed by atoms with Gasteiger partial charge in [0.2, 0.25) is 6.86 Å². The van der Waals surface area contributed by atoms with Crippen LogP contribution < -0.4 is 14.8 Å². The van der Waals surface area contributed by atoms with E-state index in [1.807, 2.05) is 0 Å². The van der Waals surface area contributed by atoms with Crippen LogP contribution in [0.4, 0.5) is 23.2 Å². The van der Waals surface area contributed by atoms with Crippen molar-refractivity contribution in [3.05, 3.63) is 77.6 Å². The quantitative estimate of drug-likeness (QED) is 0.484. The topological polar surface area (TPSA) is 97.8 Å². The molecule has 2 aromatic carbocycles. The Morgan fingerprint density at radius 1 is 1.00 bits per heavy atom. The molecule has 166 valence electrons. The van der Waals surface area contributed by atoms with Gasteiger partial charge in [-0.15, -0.1) is 0 Å². The van der Waals surface area contributed by atoms with E-state index < -0.39 is 36.0 Å². The summed E-state index contributed by atoms with van der Waals surface area (Å²) in [6, 6.07) is 10.3. The van der Waals surface area contributed by atoms with Crippen molar-refractivity contribution < 1.29 is 41.7 Å². The molecule has 0 aliphatic rings. The Balaban J connectivity index is 1.90. The molecule has 3 aromatic rings. The normalized spacial score (nSPS) is 11.0. The van der Waals surface area contributed by atoms with Crippen molar-refractivity contribution in [1.29, 1.82) is 0 Å². The molecule has 0 unspecified atom stereocenters. The minimum Gasteiger partial charge on any atom is -0.477 e. The SMILES string of the molecule is O=C(O)c1ccc(NC(=O)c2cc(C(F)(F)F)ccc2Oc2ccc(OCF)cc2)cn1. The van der Waals surface area contributed by atoms with Crippen molar-refractivity contribution in [2.24, 2.45) is 0 Å². The summed E-state index contributed by atoms with van der Waals surface area (Å²) in [5, 5.41) is 11.2. The summed E-state index contributed by atoms with van der Waals surface area (Å²) in [5.41, 5.74) is -1.70. The van der Waals surface area contributed by atoms with Gasteiger partial charge in [0.1, 0.15) is 22.9 Å². The van der Waals surface area contributed by atoms with Crippen molar-refractivity contribution >= 4 is 17.6 Å². The van der Waals surface area contributed by atoms with Gasteiger partial charge in [0.25, 0.3) is 5.91 Å². The number of benzene rings is 2. The van der Waals surface area contributed by atoms with Gasteiger partial charge in [0.05, 0.1) is 23.0 Å². The second-order valence-corrected chi connectivity index (χ2v) is 6.23. The van der Waals surface area contributed by atoms with Crippen LogP contribution in [-0.2, 0) is 6.18 Å². The number of halogens is 4. The third-order valence-corrected chi connectivity index (χ3v) is 4.06. The van der Waals surface area contributed by atoms with Gasteiger partial charge in [-0.3, -0.25) is 4.79 Å². The molecule has 1 amide bonds. The van der Waals surface area contributed by atoms with E-state index in [0.29, 0.717) is 6.07 Å². The lowest BCUT2D eigenvalue weighted by atomic mass is 10.1. The number of alkyl halides is 4. The van der Waals surface area contributed by atoms with Crippen LogP contribution in [0.2, 0.25) is 0 Å². The van der Waals surface area contributed by atoms with Crippen LogP contribution in [0, 0.1) is 0 Å². The second kappa shape index (κ2) is 9.33. The van der Waals surface area contributed by atoms with Gasteiger partial charge in [-0.1, -0.05) is 0 Å². The second-order valence-electron chi connectivity index (χ2n) is 6.23. The molecule has 0 aliphatic carbocycles. The van der Waals surface area contributed by atoms with Crippen molar-refractivity contribution in [1.82, 2.24) is 4.98 Å². The van der Waals surface area contributed by atoms with Gasteiger partial charge in [-0.2, -0.15) is 13.2 Å². The number of carbonyl (C=O) groups excluding carboxylic acids is 1. The summed E-state index contributed by atoms with van der Waals surface area (Å²) in [7, 11) is 0. The third-order valence-electron chi connectivity index (χ3n) is 4.06. The number of carboxylic acid groups (broad SMARTS) is 1. The first kappa shape index (κ1) is 22.5. The van der Waals surface area contributed by atoms with Crippen LogP contribution >= 0.6 is 0 Å². The maximum absolute atomic E-state index is 13.2. The number of carbonyl (C=O) groups is 2. The zero-order valence-corrected chi connectivity index (χ0v) is 16.0. The van der Waals surface area contributed by atoms with Crippen LogP contribution in [-0.4, -0.2) is 28.8 Å². The summed E-state index contributed by atoms with van der Waals surface area (Å²) in [6.07, 6.45) is -3.65. The number of amides is 1. The molecule has 0 radical (unpaired) electrons. The number of pyridine rings is 1. The Labute approximate surface area is 178 Å². The zero-order chi connectivity index (χ0) is 23.3. The smallest absolute Gasteiger partial charge is 0.416 e. The molecule has 0 bridgehead atoms. The molecule has 0 saturated carbocycles. The predicted molar refractivity (Wildman–Crippen MR) is 104 cm³/mol. The Bertz CT molecular complexity index is 1120. The summed E-state index contributed by atoms with van der Waals surface area (Å²) in [5.74, 6) is -2.02. The number of anilines is 1. The highest BCUT2D eigenvalue weighted by atomic mass is 19.4. The number of aromatic carboxylic acids is 1. The highest BCUT2D eigenvalue weighted by molar-refractivity contribution is 6.06. The van der Waals surface area contributed by atoms with Crippen molar-refractivity contribution in [3.8, 4) is 17.2 Å². The minimum atomic E-state index is -4.70. The fraction of sp³-hybridized carbons (Fsp3) is 0.0952. The molecule has 0 atom stereocenters. The van der Waals surface area contributed by atoms with Crippen molar-refractivity contribution in [2.75, 3.05) is 12.2 Å². The van der Waals surface area contributed by atoms with Gasteiger partial charge in [0.15, 0.2) is 0 Å². The number of ether oxygens (including phenoxy) is 2. The average molecular weight is 450 g/mol. The van der Waals surface area contributed by atoms with Crippen LogP contribution in [0.3, 0.4) is 0 Å². The molecule has 3 rings (SSSR count). The van der Waals surface area contributed by atoms with Gasteiger partial charge in [-0.05, 0) is 54.6 Å². The Hall–Kier alpha value is -4.15. The number of carboxylic acids is 1. The maximum atomic E-state index is 13.2.